The summed E-state index contributed by atoms with van der Waals surface area (Å²) in [5.41, 5.74) is 6.54. The van der Waals surface area contributed by atoms with Crippen LogP contribution in [0, 0.1) is 12.7 Å². The normalized spacial score (nSPS) is 10.4. The second kappa shape index (κ2) is 5.75. The lowest BCUT2D eigenvalue weighted by Gasteiger charge is -2.06. The molecule has 0 atom stereocenters. The lowest BCUT2D eigenvalue weighted by Crippen LogP contribution is -2.27. The molecule has 2 aromatic rings. The summed E-state index contributed by atoms with van der Waals surface area (Å²) in [5, 5.41) is 5.56. The Hall–Kier alpha value is -2.02. The minimum atomic E-state index is -0.588. The number of hydrogen-bond acceptors (Lipinski definition) is 5. The smallest absolute Gasteiger partial charge is 0.255 e. The zero-order valence-corrected chi connectivity index (χ0v) is 11.1. The minimum Gasteiger partial charge on any atom is -0.383 e. The second-order valence-corrected chi connectivity index (χ2v) is 4.92. The molecular weight excluding hydrogens is 267 g/mol. The number of thiazole rings is 1. The van der Waals surface area contributed by atoms with Crippen LogP contribution in [0.1, 0.15) is 21.1 Å². The van der Waals surface area contributed by atoms with Crippen LogP contribution in [-0.4, -0.2) is 22.4 Å². The summed E-state index contributed by atoms with van der Waals surface area (Å²) in [6.45, 7) is 2.33. The first-order chi connectivity index (χ1) is 9.06. The Morgan fingerprint density at radius 3 is 3.05 bits per heavy atom. The third kappa shape index (κ3) is 3.47. The fourth-order valence-corrected chi connectivity index (χ4v) is 2.30. The summed E-state index contributed by atoms with van der Waals surface area (Å²) >= 11 is 1.54. The van der Waals surface area contributed by atoms with Crippen LogP contribution < -0.4 is 11.1 Å². The molecule has 0 radical (unpaired) electrons. The van der Waals surface area contributed by atoms with Gasteiger partial charge < -0.3 is 11.1 Å². The molecule has 0 aliphatic carbocycles. The summed E-state index contributed by atoms with van der Waals surface area (Å²) in [4.78, 5) is 19.7. The van der Waals surface area contributed by atoms with Crippen LogP contribution in [0.2, 0.25) is 0 Å². The van der Waals surface area contributed by atoms with Gasteiger partial charge in [0.15, 0.2) is 0 Å². The third-order valence-electron chi connectivity index (χ3n) is 2.42. The molecule has 3 N–H and O–H groups in total. The topological polar surface area (TPSA) is 80.9 Å². The molecule has 100 valence electrons. The van der Waals surface area contributed by atoms with E-state index in [4.69, 9.17) is 5.73 Å². The maximum Gasteiger partial charge on any atom is 0.255 e. The molecular formula is C12H13FN4OS. The molecule has 19 heavy (non-hydrogen) atoms. The Morgan fingerprint density at radius 1 is 1.58 bits per heavy atom. The van der Waals surface area contributed by atoms with Crippen LogP contribution in [0.4, 0.5) is 10.2 Å². The van der Waals surface area contributed by atoms with Gasteiger partial charge in [-0.1, -0.05) is 0 Å². The van der Waals surface area contributed by atoms with Crippen molar-refractivity contribution in [2.24, 2.45) is 0 Å². The third-order valence-corrected chi connectivity index (χ3v) is 3.45. The number of pyridine rings is 1. The maximum atomic E-state index is 13.0. The van der Waals surface area contributed by atoms with Crippen molar-refractivity contribution in [1.29, 1.82) is 0 Å². The zero-order valence-electron chi connectivity index (χ0n) is 10.3. The molecule has 0 spiro atoms. The molecule has 0 unspecified atom stereocenters. The van der Waals surface area contributed by atoms with Gasteiger partial charge in [-0.05, 0) is 13.0 Å². The molecule has 0 aromatic carbocycles. The molecule has 1 amide bonds. The lowest BCUT2D eigenvalue weighted by atomic mass is 10.2. The van der Waals surface area contributed by atoms with Crippen molar-refractivity contribution in [2.45, 2.75) is 13.3 Å². The number of nitrogens with one attached hydrogen (secondary N) is 1. The van der Waals surface area contributed by atoms with Gasteiger partial charge in [-0.2, -0.15) is 0 Å². The monoisotopic (exact) mass is 280 g/mol. The van der Waals surface area contributed by atoms with Crippen LogP contribution in [0.15, 0.2) is 17.6 Å². The van der Waals surface area contributed by atoms with E-state index >= 15 is 0 Å². The number of halogens is 1. The Morgan fingerprint density at radius 2 is 2.37 bits per heavy atom. The van der Waals surface area contributed by atoms with Crippen molar-refractivity contribution < 1.29 is 9.18 Å². The van der Waals surface area contributed by atoms with Crippen LogP contribution in [0.5, 0.6) is 0 Å². The molecule has 0 aliphatic heterocycles. The van der Waals surface area contributed by atoms with Crippen molar-refractivity contribution in [3.05, 3.63) is 39.7 Å². The van der Waals surface area contributed by atoms with E-state index in [9.17, 15) is 9.18 Å². The number of nitrogens with two attached hydrogens (primary N) is 1. The highest BCUT2D eigenvalue weighted by Gasteiger charge is 2.11. The van der Waals surface area contributed by atoms with Gasteiger partial charge in [-0.25, -0.2) is 14.4 Å². The highest BCUT2D eigenvalue weighted by molar-refractivity contribution is 7.09. The van der Waals surface area contributed by atoms with Crippen LogP contribution in [0.3, 0.4) is 0 Å². The number of aromatic nitrogens is 2. The van der Waals surface area contributed by atoms with Gasteiger partial charge in [0.1, 0.15) is 11.6 Å². The molecule has 0 aliphatic rings. The lowest BCUT2D eigenvalue weighted by molar-refractivity contribution is 0.0954. The molecule has 0 fully saturated rings. The Labute approximate surface area is 113 Å². The first-order valence-corrected chi connectivity index (χ1v) is 6.54. The van der Waals surface area contributed by atoms with E-state index < -0.39 is 11.7 Å². The summed E-state index contributed by atoms with van der Waals surface area (Å²) in [6.07, 6.45) is 1.61. The fourth-order valence-electron chi connectivity index (χ4n) is 1.53. The van der Waals surface area contributed by atoms with Gasteiger partial charge >= 0.3 is 0 Å². The number of anilines is 1. The fraction of sp³-hybridized carbons (Fsp3) is 0.250. The first kappa shape index (κ1) is 13.4. The Balaban J connectivity index is 1.92. The molecule has 0 bridgehead atoms. The minimum absolute atomic E-state index is 0.0176. The van der Waals surface area contributed by atoms with Gasteiger partial charge in [-0.15, -0.1) is 11.3 Å². The van der Waals surface area contributed by atoms with E-state index in [2.05, 4.69) is 15.3 Å². The standard InChI is InChI=1S/C12H13FN4OS/c1-7-6-19-10(17-7)2-3-15-12(18)9-4-8(13)5-16-11(9)14/h4-6H,2-3H2,1H3,(H2,14,16)(H,15,18). The molecule has 0 saturated heterocycles. The Bertz CT molecular complexity index is 599. The van der Waals surface area contributed by atoms with Gasteiger partial charge in [-0.3, -0.25) is 4.79 Å². The van der Waals surface area contributed by atoms with Crippen molar-refractivity contribution in [2.75, 3.05) is 12.3 Å². The van der Waals surface area contributed by atoms with Crippen LogP contribution in [0.25, 0.3) is 0 Å². The average Bonchev–Trinajstić information content (AvgIpc) is 2.78. The second-order valence-electron chi connectivity index (χ2n) is 3.97. The summed E-state index contributed by atoms with van der Waals surface area (Å²) in [6, 6.07) is 1.07. The maximum absolute atomic E-state index is 13.0. The molecule has 2 aromatic heterocycles. The van der Waals surface area contributed by atoms with E-state index in [1.165, 1.54) is 0 Å². The predicted octanol–water partition coefficient (Wildman–Crippen LogP) is 1.54. The van der Waals surface area contributed by atoms with E-state index in [1.807, 2.05) is 12.3 Å². The van der Waals surface area contributed by atoms with Gasteiger partial charge in [0.25, 0.3) is 5.91 Å². The van der Waals surface area contributed by atoms with E-state index in [0.29, 0.717) is 13.0 Å². The summed E-state index contributed by atoms with van der Waals surface area (Å²) < 4.78 is 13.0. The number of aryl methyl sites for hydroxylation is 1. The van der Waals surface area contributed by atoms with Crippen LogP contribution in [-0.2, 0) is 6.42 Å². The van der Waals surface area contributed by atoms with Crippen molar-refractivity contribution in [3.8, 4) is 0 Å². The number of amides is 1. The van der Waals surface area contributed by atoms with Crippen molar-refractivity contribution >= 4 is 23.1 Å². The summed E-state index contributed by atoms with van der Waals surface area (Å²) in [5.74, 6) is -1.00. The number of carbonyl (C=O) groups excluding carboxylic acids is 1. The van der Waals surface area contributed by atoms with Crippen LogP contribution >= 0.6 is 11.3 Å². The van der Waals surface area contributed by atoms with Crippen molar-refractivity contribution in [3.63, 3.8) is 0 Å². The van der Waals surface area contributed by atoms with E-state index in [0.717, 1.165) is 23.0 Å². The highest BCUT2D eigenvalue weighted by atomic mass is 32.1. The zero-order chi connectivity index (χ0) is 13.8. The number of rotatable bonds is 4. The largest absolute Gasteiger partial charge is 0.383 e. The predicted molar refractivity (Wildman–Crippen MR) is 71.5 cm³/mol. The molecule has 0 saturated carbocycles. The first-order valence-electron chi connectivity index (χ1n) is 5.66. The molecule has 7 heteroatoms. The van der Waals surface area contributed by atoms with E-state index in [1.54, 1.807) is 11.3 Å². The highest BCUT2D eigenvalue weighted by Crippen LogP contribution is 2.11. The molecule has 5 nitrogen and oxygen atoms in total. The average molecular weight is 280 g/mol. The Kier molecular flexibility index (Phi) is 4.06. The van der Waals surface area contributed by atoms with Crippen molar-refractivity contribution in [1.82, 2.24) is 15.3 Å². The number of nitrogen functional groups attached to an aromatic ring is 1. The molecule has 2 rings (SSSR count). The van der Waals surface area contributed by atoms with Gasteiger partial charge in [0.2, 0.25) is 0 Å². The van der Waals surface area contributed by atoms with Gasteiger partial charge in [0.05, 0.1) is 16.8 Å². The molecule has 2 heterocycles. The number of carbonyl (C=O) groups is 1. The number of nitrogens with zero attached hydrogens (tertiary/aromatic N) is 2. The number of hydrogen-bond donors (Lipinski definition) is 2. The van der Waals surface area contributed by atoms with E-state index in [-0.39, 0.29) is 11.4 Å². The SMILES string of the molecule is Cc1csc(CCNC(=O)c2cc(F)cnc2N)n1. The quantitative estimate of drug-likeness (QED) is 0.890. The van der Waals surface area contributed by atoms with Gasteiger partial charge in [0, 0.05) is 24.0 Å². The summed E-state index contributed by atoms with van der Waals surface area (Å²) in [7, 11) is 0.